The highest BCUT2D eigenvalue weighted by Gasteiger charge is 2.14. The first kappa shape index (κ1) is 15.1. The van der Waals surface area contributed by atoms with E-state index in [2.05, 4.69) is 20.2 Å². The fourth-order valence-electron chi connectivity index (χ4n) is 2.10. The number of nitrogens with one attached hydrogen (secondary N) is 1. The average Bonchev–Trinajstić information content (AvgIpc) is 3.19. The van der Waals surface area contributed by atoms with E-state index in [1.807, 2.05) is 41.8 Å². The van der Waals surface area contributed by atoms with Crippen molar-refractivity contribution in [3.63, 3.8) is 0 Å². The molecular weight excluding hydrogens is 312 g/mol. The number of para-hydroxylation sites is 2. The molecule has 0 spiro atoms. The van der Waals surface area contributed by atoms with Gasteiger partial charge in [0.05, 0.1) is 16.8 Å². The highest BCUT2D eigenvalue weighted by atomic mass is 32.2. The first-order valence-electron chi connectivity index (χ1n) is 7.01. The number of nitriles is 1. The number of hydrogen-bond donors (Lipinski definition) is 2. The molecule has 0 aliphatic rings. The Labute approximate surface area is 136 Å². The van der Waals surface area contributed by atoms with Gasteiger partial charge in [-0.3, -0.25) is 0 Å². The normalized spacial score (nSPS) is 12.2. The van der Waals surface area contributed by atoms with E-state index in [1.165, 1.54) is 11.8 Å². The molecule has 0 atom stereocenters. The Morgan fingerprint density at radius 3 is 3.00 bits per heavy atom. The SMILES string of the molecule is CCn1cnnc1SC/C(O)=C(\C#N)c1nc2ccccc2[nH]1. The number of H-pyrrole nitrogens is 1. The van der Waals surface area contributed by atoms with Crippen molar-refractivity contribution in [3.05, 3.63) is 42.2 Å². The van der Waals surface area contributed by atoms with Crippen molar-refractivity contribution in [2.45, 2.75) is 18.6 Å². The van der Waals surface area contributed by atoms with Gasteiger partial charge < -0.3 is 14.7 Å². The molecule has 0 aliphatic carbocycles. The molecule has 3 aromatic rings. The van der Waals surface area contributed by atoms with Gasteiger partial charge in [-0.2, -0.15) is 5.26 Å². The summed E-state index contributed by atoms with van der Waals surface area (Å²) in [4.78, 5) is 7.39. The van der Waals surface area contributed by atoms with E-state index in [9.17, 15) is 10.4 Å². The lowest BCUT2D eigenvalue weighted by Gasteiger charge is -2.03. The Kier molecular flexibility index (Phi) is 4.30. The van der Waals surface area contributed by atoms with Crippen LogP contribution in [0.25, 0.3) is 16.6 Å². The first-order chi connectivity index (χ1) is 11.2. The number of hydrogen-bond acceptors (Lipinski definition) is 6. The Hall–Kier alpha value is -2.79. The summed E-state index contributed by atoms with van der Waals surface area (Å²) in [6, 6.07) is 9.49. The Balaban J connectivity index is 1.86. The molecule has 0 bridgehead atoms. The fraction of sp³-hybridized carbons (Fsp3) is 0.200. The molecular formula is C15H14N6OS. The third-order valence-electron chi connectivity index (χ3n) is 3.29. The summed E-state index contributed by atoms with van der Waals surface area (Å²) in [7, 11) is 0. The second-order valence-electron chi connectivity index (χ2n) is 4.72. The standard InChI is InChI=1S/C15H14N6OS/c1-2-21-9-17-20-15(21)23-8-13(22)10(7-16)14-18-11-5-3-4-6-12(11)19-14/h3-6,9,22H,2,8H2,1H3,(H,18,19)/b13-10-. The minimum Gasteiger partial charge on any atom is -0.510 e. The van der Waals surface area contributed by atoms with Crippen LogP contribution < -0.4 is 0 Å². The molecule has 0 unspecified atom stereocenters. The van der Waals surface area contributed by atoms with Crippen LogP contribution in [0, 0.1) is 11.3 Å². The zero-order chi connectivity index (χ0) is 16.2. The molecule has 0 aliphatic heterocycles. The van der Waals surface area contributed by atoms with Gasteiger partial charge in [-0.1, -0.05) is 23.9 Å². The van der Waals surface area contributed by atoms with E-state index >= 15 is 0 Å². The summed E-state index contributed by atoms with van der Waals surface area (Å²) in [5.74, 6) is 0.546. The van der Waals surface area contributed by atoms with Crippen LogP contribution in [0.15, 0.2) is 41.5 Å². The second-order valence-corrected chi connectivity index (χ2v) is 5.67. The number of rotatable bonds is 5. The van der Waals surface area contributed by atoms with Crippen molar-refractivity contribution in [3.8, 4) is 6.07 Å². The molecule has 7 nitrogen and oxygen atoms in total. The first-order valence-corrected chi connectivity index (χ1v) is 7.99. The van der Waals surface area contributed by atoms with Crippen LogP contribution in [-0.2, 0) is 6.54 Å². The Morgan fingerprint density at radius 1 is 1.43 bits per heavy atom. The summed E-state index contributed by atoms with van der Waals surface area (Å²) in [6.45, 7) is 2.73. The van der Waals surface area contributed by atoms with Crippen molar-refractivity contribution >= 4 is 28.4 Å². The lowest BCUT2D eigenvalue weighted by molar-refractivity contribution is 0.420. The van der Waals surface area contributed by atoms with Crippen LogP contribution in [-0.4, -0.2) is 35.6 Å². The predicted octanol–water partition coefficient (Wildman–Crippen LogP) is 2.76. The number of imidazole rings is 1. The van der Waals surface area contributed by atoms with Gasteiger partial charge >= 0.3 is 0 Å². The number of thioether (sulfide) groups is 1. The van der Waals surface area contributed by atoms with Crippen LogP contribution in [0.1, 0.15) is 12.7 Å². The van der Waals surface area contributed by atoms with Crippen molar-refractivity contribution < 1.29 is 5.11 Å². The van der Waals surface area contributed by atoms with Crippen LogP contribution in [0.4, 0.5) is 0 Å². The minimum atomic E-state index is -0.0396. The molecule has 1 aromatic carbocycles. The lowest BCUT2D eigenvalue weighted by atomic mass is 10.2. The molecule has 2 heterocycles. The van der Waals surface area contributed by atoms with Crippen LogP contribution in [0.3, 0.4) is 0 Å². The quantitative estimate of drug-likeness (QED) is 0.424. The van der Waals surface area contributed by atoms with Crippen molar-refractivity contribution in [1.29, 1.82) is 5.26 Å². The lowest BCUT2D eigenvalue weighted by Crippen LogP contribution is -1.98. The minimum absolute atomic E-state index is 0.0396. The maximum absolute atomic E-state index is 10.3. The topological polar surface area (TPSA) is 103 Å². The van der Waals surface area contributed by atoms with Crippen molar-refractivity contribution in [2.75, 3.05) is 5.75 Å². The van der Waals surface area contributed by atoms with Crippen LogP contribution >= 0.6 is 11.8 Å². The molecule has 0 amide bonds. The number of aryl methyl sites for hydroxylation is 1. The van der Waals surface area contributed by atoms with Gasteiger partial charge in [-0.05, 0) is 19.1 Å². The zero-order valence-corrected chi connectivity index (χ0v) is 13.2. The number of aromatic amines is 1. The molecule has 0 saturated heterocycles. The Morgan fingerprint density at radius 2 is 2.26 bits per heavy atom. The number of benzene rings is 1. The third kappa shape index (κ3) is 3.05. The number of nitrogens with zero attached hydrogens (tertiary/aromatic N) is 5. The van der Waals surface area contributed by atoms with E-state index in [4.69, 9.17) is 0 Å². The third-order valence-corrected chi connectivity index (χ3v) is 4.28. The number of aliphatic hydroxyl groups excluding tert-OH is 1. The molecule has 116 valence electrons. The largest absolute Gasteiger partial charge is 0.510 e. The highest BCUT2D eigenvalue weighted by molar-refractivity contribution is 7.99. The van der Waals surface area contributed by atoms with Gasteiger partial charge in [0.15, 0.2) is 11.0 Å². The van der Waals surface area contributed by atoms with Crippen molar-refractivity contribution in [1.82, 2.24) is 24.7 Å². The number of aromatic nitrogens is 5. The maximum Gasteiger partial charge on any atom is 0.191 e. The van der Waals surface area contributed by atoms with E-state index in [0.717, 1.165) is 17.6 Å². The molecule has 0 fully saturated rings. The highest BCUT2D eigenvalue weighted by Crippen LogP contribution is 2.23. The summed E-state index contributed by atoms with van der Waals surface area (Å²) >= 11 is 1.32. The van der Waals surface area contributed by atoms with Gasteiger partial charge in [0.1, 0.15) is 23.7 Å². The van der Waals surface area contributed by atoms with Gasteiger partial charge in [0.25, 0.3) is 0 Å². The van der Waals surface area contributed by atoms with Gasteiger partial charge in [0.2, 0.25) is 0 Å². The zero-order valence-electron chi connectivity index (χ0n) is 12.4. The molecule has 3 rings (SSSR count). The van der Waals surface area contributed by atoms with E-state index in [-0.39, 0.29) is 17.1 Å². The smallest absolute Gasteiger partial charge is 0.191 e. The summed E-state index contributed by atoms with van der Waals surface area (Å²) in [5, 5.41) is 28.1. The summed E-state index contributed by atoms with van der Waals surface area (Å²) in [6.07, 6.45) is 1.63. The number of fused-ring (bicyclic) bond motifs is 1. The average molecular weight is 326 g/mol. The molecule has 0 radical (unpaired) electrons. The molecule has 0 saturated carbocycles. The summed E-state index contributed by atoms with van der Waals surface area (Å²) < 4.78 is 1.87. The number of allylic oxidation sites excluding steroid dienone is 1. The van der Waals surface area contributed by atoms with Gasteiger partial charge in [-0.25, -0.2) is 4.98 Å². The fourth-order valence-corrected chi connectivity index (χ4v) is 2.96. The second kappa shape index (κ2) is 6.54. The maximum atomic E-state index is 10.3. The predicted molar refractivity (Wildman–Crippen MR) is 87.7 cm³/mol. The van der Waals surface area contributed by atoms with E-state index in [1.54, 1.807) is 6.33 Å². The van der Waals surface area contributed by atoms with Crippen molar-refractivity contribution in [2.24, 2.45) is 0 Å². The Bertz CT molecular complexity index is 871. The molecule has 2 N–H and O–H groups in total. The van der Waals surface area contributed by atoms with Gasteiger partial charge in [-0.15, -0.1) is 10.2 Å². The molecule has 23 heavy (non-hydrogen) atoms. The van der Waals surface area contributed by atoms with E-state index < -0.39 is 0 Å². The summed E-state index contributed by atoms with van der Waals surface area (Å²) in [5.41, 5.74) is 1.71. The van der Waals surface area contributed by atoms with Crippen LogP contribution in [0.2, 0.25) is 0 Å². The molecule has 8 heteroatoms. The van der Waals surface area contributed by atoms with Gasteiger partial charge in [0, 0.05) is 6.54 Å². The van der Waals surface area contributed by atoms with E-state index in [0.29, 0.717) is 11.0 Å². The molecule has 2 aromatic heterocycles. The monoisotopic (exact) mass is 326 g/mol. The van der Waals surface area contributed by atoms with Crippen LogP contribution in [0.5, 0.6) is 0 Å². The number of aliphatic hydroxyl groups is 1.